The van der Waals surface area contributed by atoms with Crippen molar-refractivity contribution in [2.24, 2.45) is 0 Å². The summed E-state index contributed by atoms with van der Waals surface area (Å²) < 4.78 is 4.63. The fraction of sp³-hybridized carbons (Fsp3) is 0.188. The lowest BCUT2D eigenvalue weighted by atomic mass is 10.1. The molecule has 108 valence electrons. The molecule has 1 N–H and O–H groups in total. The van der Waals surface area contributed by atoms with Gasteiger partial charge < -0.3 is 10.1 Å². The lowest BCUT2D eigenvalue weighted by Gasteiger charge is -2.06. The number of ether oxygens (including phenoxy) is 1. The molecule has 0 aliphatic heterocycles. The summed E-state index contributed by atoms with van der Waals surface area (Å²) in [7, 11) is 1.34. The van der Waals surface area contributed by atoms with Crippen LogP contribution in [0.25, 0.3) is 0 Å². The molecular formula is C16H16N2O3. The van der Waals surface area contributed by atoms with E-state index in [1.807, 2.05) is 6.92 Å². The van der Waals surface area contributed by atoms with Gasteiger partial charge in [0, 0.05) is 18.4 Å². The number of amides is 1. The van der Waals surface area contributed by atoms with Crippen molar-refractivity contribution in [2.45, 2.75) is 13.5 Å². The van der Waals surface area contributed by atoms with Gasteiger partial charge >= 0.3 is 5.97 Å². The van der Waals surface area contributed by atoms with E-state index >= 15 is 0 Å². The number of carbonyl (C=O) groups excluding carboxylic acids is 2. The highest BCUT2D eigenvalue weighted by Gasteiger charge is 2.07. The van der Waals surface area contributed by atoms with Gasteiger partial charge in [-0.3, -0.25) is 9.78 Å². The first-order valence-electron chi connectivity index (χ1n) is 6.48. The van der Waals surface area contributed by atoms with Crippen molar-refractivity contribution in [3.05, 3.63) is 65.0 Å². The van der Waals surface area contributed by atoms with Crippen molar-refractivity contribution in [3.63, 3.8) is 0 Å². The molecule has 0 spiro atoms. The predicted molar refractivity (Wildman–Crippen MR) is 77.9 cm³/mol. The number of hydrogen-bond donors (Lipinski definition) is 1. The van der Waals surface area contributed by atoms with Crippen molar-refractivity contribution in [1.29, 1.82) is 0 Å². The van der Waals surface area contributed by atoms with Crippen LogP contribution in [0.1, 0.15) is 32.0 Å². The van der Waals surface area contributed by atoms with Crippen molar-refractivity contribution in [2.75, 3.05) is 7.11 Å². The lowest BCUT2D eigenvalue weighted by molar-refractivity contribution is 0.0600. The average molecular weight is 284 g/mol. The summed E-state index contributed by atoms with van der Waals surface area (Å²) in [6.07, 6.45) is 1.55. The zero-order valence-electron chi connectivity index (χ0n) is 11.9. The second-order valence-electron chi connectivity index (χ2n) is 4.56. The van der Waals surface area contributed by atoms with E-state index < -0.39 is 0 Å². The SMILES string of the molecule is COC(=O)c1ccc(CNC(=O)c2ccc(C)nc2)cc1. The molecule has 5 nitrogen and oxygen atoms in total. The van der Waals surface area contributed by atoms with Crippen LogP contribution in [0.15, 0.2) is 42.6 Å². The minimum absolute atomic E-state index is 0.181. The van der Waals surface area contributed by atoms with Crippen LogP contribution in [0, 0.1) is 6.92 Å². The number of pyridine rings is 1. The molecule has 0 saturated carbocycles. The van der Waals surface area contributed by atoms with Crippen LogP contribution in [0.4, 0.5) is 0 Å². The molecule has 2 aromatic rings. The molecule has 0 bridgehead atoms. The first-order chi connectivity index (χ1) is 10.1. The molecule has 2 rings (SSSR count). The number of esters is 1. The Bertz CT molecular complexity index is 634. The van der Waals surface area contributed by atoms with Crippen LogP contribution in [-0.2, 0) is 11.3 Å². The van der Waals surface area contributed by atoms with Crippen molar-refractivity contribution in [1.82, 2.24) is 10.3 Å². The fourth-order valence-corrected chi connectivity index (χ4v) is 1.76. The van der Waals surface area contributed by atoms with Gasteiger partial charge in [0.15, 0.2) is 0 Å². The minimum atomic E-state index is -0.378. The predicted octanol–water partition coefficient (Wildman–Crippen LogP) is 2.11. The van der Waals surface area contributed by atoms with Crippen molar-refractivity contribution >= 4 is 11.9 Å². The number of aromatic nitrogens is 1. The fourth-order valence-electron chi connectivity index (χ4n) is 1.76. The summed E-state index contributed by atoms with van der Waals surface area (Å²) >= 11 is 0. The third-order valence-electron chi connectivity index (χ3n) is 3.00. The van der Waals surface area contributed by atoms with Gasteiger partial charge in [-0.15, -0.1) is 0 Å². The smallest absolute Gasteiger partial charge is 0.337 e. The highest BCUT2D eigenvalue weighted by atomic mass is 16.5. The van der Waals surface area contributed by atoms with Gasteiger partial charge in [-0.2, -0.15) is 0 Å². The maximum absolute atomic E-state index is 11.9. The maximum atomic E-state index is 11.9. The monoisotopic (exact) mass is 284 g/mol. The molecule has 1 aromatic heterocycles. The Morgan fingerprint density at radius 1 is 1.10 bits per heavy atom. The molecule has 0 aliphatic carbocycles. The molecule has 1 heterocycles. The maximum Gasteiger partial charge on any atom is 0.337 e. The number of hydrogen-bond acceptors (Lipinski definition) is 4. The molecule has 0 fully saturated rings. The van der Waals surface area contributed by atoms with Crippen LogP contribution >= 0.6 is 0 Å². The van der Waals surface area contributed by atoms with E-state index in [0.717, 1.165) is 11.3 Å². The Hall–Kier alpha value is -2.69. The van der Waals surface area contributed by atoms with E-state index in [2.05, 4.69) is 15.0 Å². The molecule has 0 unspecified atom stereocenters. The first-order valence-corrected chi connectivity index (χ1v) is 6.48. The van der Waals surface area contributed by atoms with E-state index in [9.17, 15) is 9.59 Å². The quantitative estimate of drug-likeness (QED) is 0.873. The third-order valence-corrected chi connectivity index (χ3v) is 3.00. The molecule has 0 aliphatic rings. The van der Waals surface area contributed by atoms with Gasteiger partial charge in [-0.05, 0) is 36.8 Å². The van der Waals surface area contributed by atoms with Crippen LogP contribution < -0.4 is 5.32 Å². The molecule has 0 atom stereocenters. The molecule has 0 saturated heterocycles. The molecule has 1 amide bonds. The Balaban J connectivity index is 1.95. The number of benzene rings is 1. The number of carbonyl (C=O) groups is 2. The van der Waals surface area contributed by atoms with Gasteiger partial charge in [-0.1, -0.05) is 12.1 Å². The minimum Gasteiger partial charge on any atom is -0.465 e. The van der Waals surface area contributed by atoms with Crippen LogP contribution in [0.5, 0.6) is 0 Å². The number of nitrogens with one attached hydrogen (secondary N) is 1. The topological polar surface area (TPSA) is 68.3 Å². The highest BCUT2D eigenvalue weighted by Crippen LogP contribution is 2.06. The molecule has 0 radical (unpaired) electrons. The lowest BCUT2D eigenvalue weighted by Crippen LogP contribution is -2.22. The normalized spacial score (nSPS) is 10.0. The van der Waals surface area contributed by atoms with Crippen molar-refractivity contribution < 1.29 is 14.3 Å². The summed E-state index contributed by atoms with van der Waals surface area (Å²) in [6, 6.07) is 10.4. The molecule has 5 heteroatoms. The number of rotatable bonds is 4. The van der Waals surface area contributed by atoms with Gasteiger partial charge in [0.05, 0.1) is 18.2 Å². The molecule has 21 heavy (non-hydrogen) atoms. The van der Waals surface area contributed by atoms with Crippen LogP contribution in [-0.4, -0.2) is 24.0 Å². The molecular weight excluding hydrogens is 268 g/mol. The van der Waals surface area contributed by atoms with E-state index in [1.54, 1.807) is 42.6 Å². The summed E-state index contributed by atoms with van der Waals surface area (Å²) in [5.74, 6) is -0.559. The van der Waals surface area contributed by atoms with E-state index in [1.165, 1.54) is 7.11 Å². The first kappa shape index (κ1) is 14.7. The van der Waals surface area contributed by atoms with Crippen LogP contribution in [0.3, 0.4) is 0 Å². The number of aryl methyl sites for hydroxylation is 1. The zero-order chi connectivity index (χ0) is 15.2. The second kappa shape index (κ2) is 6.65. The van der Waals surface area contributed by atoms with Gasteiger partial charge in [0.1, 0.15) is 0 Å². The summed E-state index contributed by atoms with van der Waals surface area (Å²) in [5.41, 5.74) is 2.77. The van der Waals surface area contributed by atoms with E-state index in [4.69, 9.17) is 0 Å². The van der Waals surface area contributed by atoms with E-state index in [-0.39, 0.29) is 11.9 Å². The summed E-state index contributed by atoms with van der Waals surface area (Å²) in [4.78, 5) is 27.3. The van der Waals surface area contributed by atoms with Crippen molar-refractivity contribution in [3.8, 4) is 0 Å². The highest BCUT2D eigenvalue weighted by molar-refractivity contribution is 5.93. The van der Waals surface area contributed by atoms with E-state index in [0.29, 0.717) is 17.7 Å². The summed E-state index contributed by atoms with van der Waals surface area (Å²) in [6.45, 7) is 2.25. The third kappa shape index (κ3) is 3.89. The Morgan fingerprint density at radius 3 is 2.33 bits per heavy atom. The number of nitrogens with zero attached hydrogens (tertiary/aromatic N) is 1. The number of methoxy groups -OCH3 is 1. The van der Waals surface area contributed by atoms with Gasteiger partial charge in [0.25, 0.3) is 5.91 Å². The Kier molecular flexibility index (Phi) is 4.66. The standard InChI is InChI=1S/C16H16N2O3/c1-11-3-6-14(10-17-11)15(19)18-9-12-4-7-13(8-5-12)16(20)21-2/h3-8,10H,9H2,1-2H3,(H,18,19). The Labute approximate surface area is 123 Å². The largest absolute Gasteiger partial charge is 0.465 e. The summed E-state index contributed by atoms with van der Waals surface area (Å²) in [5, 5.41) is 2.80. The van der Waals surface area contributed by atoms with Gasteiger partial charge in [0.2, 0.25) is 0 Å². The Morgan fingerprint density at radius 2 is 1.76 bits per heavy atom. The average Bonchev–Trinajstić information content (AvgIpc) is 2.53. The van der Waals surface area contributed by atoms with Gasteiger partial charge in [-0.25, -0.2) is 4.79 Å². The second-order valence-corrected chi connectivity index (χ2v) is 4.56. The van der Waals surface area contributed by atoms with Crippen LogP contribution in [0.2, 0.25) is 0 Å². The molecule has 1 aromatic carbocycles. The zero-order valence-corrected chi connectivity index (χ0v) is 11.9.